The van der Waals surface area contributed by atoms with Crippen molar-refractivity contribution >= 4 is 23.6 Å². The number of carbonyl (C=O) groups excluding carboxylic acids is 2. The fourth-order valence-corrected chi connectivity index (χ4v) is 2.98. The molecule has 0 heterocycles. The number of hydrogen-bond acceptors (Lipinski definition) is 4. The second-order valence-electron chi connectivity index (χ2n) is 5.44. The summed E-state index contributed by atoms with van der Waals surface area (Å²) in [5.74, 6) is 1.47. The van der Waals surface area contributed by atoms with Crippen LogP contribution < -0.4 is 10.1 Å². The first kappa shape index (κ1) is 20.4. The van der Waals surface area contributed by atoms with E-state index in [-0.39, 0.29) is 18.4 Å². The fraction of sp³-hybridized carbons (Fsp3) is 0.556. The molecular weight excluding hydrogens is 324 g/mol. The van der Waals surface area contributed by atoms with E-state index in [1.165, 1.54) is 0 Å². The van der Waals surface area contributed by atoms with Gasteiger partial charge in [0.1, 0.15) is 5.75 Å². The fourth-order valence-electron chi connectivity index (χ4n) is 2.14. The summed E-state index contributed by atoms with van der Waals surface area (Å²) in [6.45, 7) is 5.44. The van der Waals surface area contributed by atoms with Gasteiger partial charge in [-0.25, -0.2) is 0 Å². The molecule has 0 bridgehead atoms. The average molecular weight is 353 g/mol. The third-order valence-electron chi connectivity index (χ3n) is 3.40. The SMILES string of the molecule is CCCNC(=O)CN(CCC)C(=O)CCSc1ccc(OC)cc1. The number of methoxy groups -OCH3 is 1. The highest BCUT2D eigenvalue weighted by Crippen LogP contribution is 2.22. The van der Waals surface area contributed by atoms with Gasteiger partial charge in [0, 0.05) is 30.2 Å². The molecule has 0 aliphatic rings. The van der Waals surface area contributed by atoms with Crippen molar-refractivity contribution in [1.82, 2.24) is 10.2 Å². The lowest BCUT2D eigenvalue weighted by molar-refractivity contribution is -0.135. The Labute approximate surface area is 149 Å². The highest BCUT2D eigenvalue weighted by molar-refractivity contribution is 7.99. The van der Waals surface area contributed by atoms with Gasteiger partial charge in [-0.2, -0.15) is 0 Å². The van der Waals surface area contributed by atoms with Crippen LogP contribution in [-0.4, -0.2) is 49.2 Å². The number of nitrogens with zero attached hydrogens (tertiary/aromatic N) is 1. The quantitative estimate of drug-likeness (QED) is 0.622. The molecule has 134 valence electrons. The van der Waals surface area contributed by atoms with Crippen LogP contribution >= 0.6 is 11.8 Å². The third kappa shape index (κ3) is 7.73. The predicted octanol–water partition coefficient (Wildman–Crippen LogP) is 2.94. The molecule has 24 heavy (non-hydrogen) atoms. The molecule has 6 heteroatoms. The largest absolute Gasteiger partial charge is 0.497 e. The van der Waals surface area contributed by atoms with Gasteiger partial charge in [-0.05, 0) is 37.1 Å². The van der Waals surface area contributed by atoms with Crippen molar-refractivity contribution in [2.75, 3.05) is 32.5 Å². The Morgan fingerprint density at radius 3 is 2.46 bits per heavy atom. The molecule has 1 aromatic carbocycles. The minimum atomic E-state index is -0.0820. The van der Waals surface area contributed by atoms with Gasteiger partial charge >= 0.3 is 0 Å². The Morgan fingerprint density at radius 2 is 1.88 bits per heavy atom. The van der Waals surface area contributed by atoms with Crippen LogP contribution in [0, 0.1) is 0 Å². The Morgan fingerprint density at radius 1 is 1.17 bits per heavy atom. The van der Waals surface area contributed by atoms with E-state index >= 15 is 0 Å². The van der Waals surface area contributed by atoms with Crippen molar-refractivity contribution in [3.63, 3.8) is 0 Å². The molecule has 0 saturated heterocycles. The molecule has 0 unspecified atom stereocenters. The molecule has 0 aliphatic heterocycles. The summed E-state index contributed by atoms with van der Waals surface area (Å²) in [6, 6.07) is 7.78. The normalized spacial score (nSPS) is 10.3. The minimum absolute atomic E-state index is 0.0320. The molecule has 1 aromatic rings. The molecule has 1 N–H and O–H groups in total. The molecule has 1 rings (SSSR count). The average Bonchev–Trinajstić information content (AvgIpc) is 2.60. The Bertz CT molecular complexity index is 505. The van der Waals surface area contributed by atoms with E-state index in [2.05, 4.69) is 5.32 Å². The summed E-state index contributed by atoms with van der Waals surface area (Å²) in [6.07, 6.45) is 2.17. The first-order chi connectivity index (χ1) is 11.6. The minimum Gasteiger partial charge on any atom is -0.497 e. The molecular formula is C18H28N2O3S. The Balaban J connectivity index is 2.41. The van der Waals surface area contributed by atoms with E-state index in [1.807, 2.05) is 38.1 Å². The summed E-state index contributed by atoms with van der Waals surface area (Å²) in [4.78, 5) is 26.9. The van der Waals surface area contributed by atoms with E-state index in [1.54, 1.807) is 23.8 Å². The van der Waals surface area contributed by atoms with Crippen molar-refractivity contribution in [1.29, 1.82) is 0 Å². The number of ether oxygens (including phenoxy) is 1. The maximum atomic E-state index is 12.3. The summed E-state index contributed by atoms with van der Waals surface area (Å²) in [7, 11) is 1.64. The number of nitrogens with one attached hydrogen (secondary N) is 1. The summed E-state index contributed by atoms with van der Waals surface area (Å²) >= 11 is 1.63. The molecule has 0 atom stereocenters. The smallest absolute Gasteiger partial charge is 0.239 e. The molecule has 0 spiro atoms. The molecule has 2 amide bonds. The standard InChI is InChI=1S/C18H28N2O3S/c1-4-11-19-17(21)14-20(12-5-2)18(22)10-13-24-16-8-6-15(23-3)7-9-16/h6-9H,4-5,10-14H2,1-3H3,(H,19,21). The second-order valence-corrected chi connectivity index (χ2v) is 6.61. The van der Waals surface area contributed by atoms with Gasteiger partial charge in [-0.3, -0.25) is 9.59 Å². The number of thioether (sulfide) groups is 1. The van der Waals surface area contributed by atoms with Crippen molar-refractivity contribution in [3.05, 3.63) is 24.3 Å². The van der Waals surface area contributed by atoms with E-state index < -0.39 is 0 Å². The van der Waals surface area contributed by atoms with Crippen molar-refractivity contribution in [3.8, 4) is 5.75 Å². The first-order valence-electron chi connectivity index (χ1n) is 8.42. The van der Waals surface area contributed by atoms with Crippen LogP contribution in [0.1, 0.15) is 33.1 Å². The lowest BCUT2D eigenvalue weighted by atomic mass is 10.3. The molecule has 0 aromatic heterocycles. The molecule has 0 saturated carbocycles. The van der Waals surface area contributed by atoms with Crippen LogP contribution in [0.3, 0.4) is 0 Å². The van der Waals surface area contributed by atoms with Gasteiger partial charge in [-0.15, -0.1) is 11.8 Å². The molecule has 5 nitrogen and oxygen atoms in total. The topological polar surface area (TPSA) is 58.6 Å². The van der Waals surface area contributed by atoms with Gasteiger partial charge in [0.05, 0.1) is 13.7 Å². The van der Waals surface area contributed by atoms with Gasteiger partial charge in [-0.1, -0.05) is 13.8 Å². The molecule has 0 aliphatic carbocycles. The highest BCUT2D eigenvalue weighted by atomic mass is 32.2. The summed E-state index contributed by atoms with van der Waals surface area (Å²) in [5, 5.41) is 2.82. The first-order valence-corrected chi connectivity index (χ1v) is 9.40. The monoisotopic (exact) mass is 352 g/mol. The number of benzene rings is 1. The zero-order valence-electron chi connectivity index (χ0n) is 14.8. The van der Waals surface area contributed by atoms with Gasteiger partial charge in [0.2, 0.25) is 11.8 Å². The van der Waals surface area contributed by atoms with E-state index in [4.69, 9.17) is 4.74 Å². The van der Waals surface area contributed by atoms with E-state index in [9.17, 15) is 9.59 Å². The Kier molecular flexibility index (Phi) is 10.00. The number of amides is 2. The van der Waals surface area contributed by atoms with Crippen LogP contribution in [0.25, 0.3) is 0 Å². The number of rotatable bonds is 11. The second kappa shape index (κ2) is 11.8. The molecule has 0 fully saturated rings. The van der Waals surface area contributed by atoms with Crippen LogP contribution in [0.5, 0.6) is 5.75 Å². The van der Waals surface area contributed by atoms with Crippen LogP contribution in [0.4, 0.5) is 0 Å². The Hall–Kier alpha value is -1.69. The zero-order valence-corrected chi connectivity index (χ0v) is 15.7. The third-order valence-corrected chi connectivity index (χ3v) is 4.41. The number of carbonyl (C=O) groups is 2. The van der Waals surface area contributed by atoms with Crippen molar-refractivity contribution < 1.29 is 14.3 Å². The van der Waals surface area contributed by atoms with Crippen molar-refractivity contribution in [2.24, 2.45) is 0 Å². The highest BCUT2D eigenvalue weighted by Gasteiger charge is 2.15. The van der Waals surface area contributed by atoms with Gasteiger partial charge in [0.15, 0.2) is 0 Å². The maximum Gasteiger partial charge on any atom is 0.239 e. The van der Waals surface area contributed by atoms with Crippen molar-refractivity contribution in [2.45, 2.75) is 38.0 Å². The predicted molar refractivity (Wildman–Crippen MR) is 98.5 cm³/mol. The zero-order chi connectivity index (χ0) is 17.8. The van der Waals surface area contributed by atoms with Gasteiger partial charge in [0.25, 0.3) is 0 Å². The van der Waals surface area contributed by atoms with Crippen LogP contribution in [0.15, 0.2) is 29.2 Å². The maximum absolute atomic E-state index is 12.3. The molecule has 0 radical (unpaired) electrons. The van der Waals surface area contributed by atoms with Gasteiger partial charge < -0.3 is 15.0 Å². The summed E-state index contributed by atoms with van der Waals surface area (Å²) in [5.41, 5.74) is 0. The summed E-state index contributed by atoms with van der Waals surface area (Å²) < 4.78 is 5.13. The lowest BCUT2D eigenvalue weighted by Gasteiger charge is -2.21. The van der Waals surface area contributed by atoms with E-state index in [0.717, 1.165) is 23.5 Å². The van der Waals surface area contributed by atoms with Crippen LogP contribution in [0.2, 0.25) is 0 Å². The number of hydrogen-bond donors (Lipinski definition) is 1. The van der Waals surface area contributed by atoms with E-state index in [0.29, 0.717) is 25.3 Å². The van der Waals surface area contributed by atoms with Crippen LogP contribution in [-0.2, 0) is 9.59 Å². The lowest BCUT2D eigenvalue weighted by Crippen LogP contribution is -2.41.